The molecule has 2 nitrogen and oxygen atoms in total. The minimum Gasteiger partial charge on any atom is -1.00 e. The van der Waals surface area contributed by atoms with E-state index < -0.39 is 0 Å². The Kier molecular flexibility index (Phi) is 15.8. The summed E-state index contributed by atoms with van der Waals surface area (Å²) in [6.07, 6.45) is 21.2. The number of aryl methyl sites for hydroxylation is 4. The lowest BCUT2D eigenvalue weighted by atomic mass is 10.1. The van der Waals surface area contributed by atoms with Crippen molar-refractivity contribution >= 4 is 0 Å². The number of halogens is 2. The Balaban J connectivity index is 0.00000338. The van der Waals surface area contributed by atoms with E-state index in [1.165, 1.54) is 68.9 Å². The van der Waals surface area contributed by atoms with E-state index in [-0.39, 0.29) is 34.0 Å². The van der Waals surface area contributed by atoms with Crippen LogP contribution in [-0.2, 0) is 13.1 Å². The lowest BCUT2D eigenvalue weighted by Gasteiger charge is -2.02. The summed E-state index contributed by atoms with van der Waals surface area (Å²) in [6.45, 7) is 6.66. The van der Waals surface area contributed by atoms with Crippen molar-refractivity contribution in [1.29, 1.82) is 0 Å². The molecule has 0 aliphatic heterocycles. The topological polar surface area (TPSA) is 7.76 Å². The van der Waals surface area contributed by atoms with Crippen molar-refractivity contribution in [2.45, 2.75) is 84.7 Å². The maximum atomic E-state index is 2.32. The fourth-order valence-corrected chi connectivity index (χ4v) is 3.41. The molecule has 2 rings (SSSR count). The van der Waals surface area contributed by atoms with Crippen LogP contribution in [0, 0.1) is 13.8 Å². The van der Waals surface area contributed by atoms with Crippen molar-refractivity contribution in [3.05, 3.63) is 60.2 Å². The first-order valence-electron chi connectivity index (χ1n) is 10.2. The molecule has 0 radical (unpaired) electrons. The van der Waals surface area contributed by atoms with E-state index in [1.807, 2.05) is 0 Å². The largest absolute Gasteiger partial charge is 1.00 e. The Labute approximate surface area is 187 Å². The first kappa shape index (κ1) is 26.3. The number of aromatic nitrogens is 2. The zero-order valence-electron chi connectivity index (χ0n) is 17.0. The van der Waals surface area contributed by atoms with Crippen molar-refractivity contribution in [3.63, 3.8) is 0 Å². The molecule has 2 heterocycles. The second kappa shape index (κ2) is 16.2. The van der Waals surface area contributed by atoms with Gasteiger partial charge < -0.3 is 34.0 Å². The second-order valence-electron chi connectivity index (χ2n) is 7.42. The summed E-state index contributed by atoms with van der Waals surface area (Å²) in [5.74, 6) is 0. The molecular formula is C23H36Br2N2. The van der Waals surface area contributed by atoms with Gasteiger partial charge in [0.25, 0.3) is 0 Å². The fourth-order valence-electron chi connectivity index (χ4n) is 3.41. The minimum atomic E-state index is 0. The van der Waals surface area contributed by atoms with Crippen molar-refractivity contribution < 1.29 is 43.1 Å². The van der Waals surface area contributed by atoms with Gasteiger partial charge in [0.1, 0.15) is 13.1 Å². The van der Waals surface area contributed by atoms with Crippen LogP contribution in [0.5, 0.6) is 0 Å². The Morgan fingerprint density at radius 3 is 1.22 bits per heavy atom. The van der Waals surface area contributed by atoms with Crippen LogP contribution in [0.1, 0.15) is 68.9 Å². The molecule has 0 bridgehead atoms. The molecule has 0 aliphatic rings. The quantitative estimate of drug-likeness (QED) is 0.264. The van der Waals surface area contributed by atoms with Gasteiger partial charge >= 0.3 is 0 Å². The molecule has 0 fully saturated rings. The van der Waals surface area contributed by atoms with Gasteiger partial charge in [-0.15, -0.1) is 0 Å². The van der Waals surface area contributed by atoms with Crippen LogP contribution < -0.4 is 43.1 Å². The highest BCUT2D eigenvalue weighted by Gasteiger charge is 2.01. The maximum absolute atomic E-state index is 2.32. The molecule has 0 saturated heterocycles. The molecule has 0 spiro atoms. The van der Waals surface area contributed by atoms with Crippen LogP contribution in [0.15, 0.2) is 49.1 Å². The maximum Gasteiger partial charge on any atom is 0.171 e. The van der Waals surface area contributed by atoms with E-state index in [0.717, 1.165) is 13.1 Å². The van der Waals surface area contributed by atoms with E-state index >= 15 is 0 Å². The van der Waals surface area contributed by atoms with E-state index in [9.17, 15) is 0 Å². The third kappa shape index (κ3) is 12.4. The molecule has 0 amide bonds. The summed E-state index contributed by atoms with van der Waals surface area (Å²) in [5, 5.41) is 0. The van der Waals surface area contributed by atoms with Crippen LogP contribution in [0.25, 0.3) is 0 Å². The summed E-state index contributed by atoms with van der Waals surface area (Å²) in [4.78, 5) is 0. The molecule has 27 heavy (non-hydrogen) atoms. The Bertz CT molecular complexity index is 563. The van der Waals surface area contributed by atoms with Gasteiger partial charge in [0.2, 0.25) is 0 Å². The van der Waals surface area contributed by atoms with Crippen molar-refractivity contribution in [3.8, 4) is 0 Å². The van der Waals surface area contributed by atoms with Crippen LogP contribution in [-0.4, -0.2) is 0 Å². The van der Waals surface area contributed by atoms with Gasteiger partial charge in [-0.05, 0) is 38.8 Å². The third-order valence-corrected chi connectivity index (χ3v) is 4.84. The summed E-state index contributed by atoms with van der Waals surface area (Å²) >= 11 is 0. The number of nitrogens with zero attached hydrogens (tertiary/aromatic N) is 2. The normalized spacial score (nSPS) is 10.1. The zero-order chi connectivity index (χ0) is 17.7. The van der Waals surface area contributed by atoms with E-state index in [0.29, 0.717) is 0 Å². The molecule has 0 aromatic carbocycles. The third-order valence-electron chi connectivity index (χ3n) is 4.84. The van der Waals surface area contributed by atoms with Gasteiger partial charge in [-0.2, -0.15) is 0 Å². The first-order valence-corrected chi connectivity index (χ1v) is 10.2. The number of unbranched alkanes of at least 4 members (excludes halogenated alkanes) is 8. The summed E-state index contributed by atoms with van der Waals surface area (Å²) in [7, 11) is 0. The van der Waals surface area contributed by atoms with Gasteiger partial charge in [-0.3, -0.25) is 0 Å². The molecule has 2 aromatic rings. The highest BCUT2D eigenvalue weighted by Crippen LogP contribution is 2.09. The van der Waals surface area contributed by atoms with Gasteiger partial charge in [0.05, 0.1) is 0 Å². The standard InChI is InChI=1S/C23H36N2.2BrH/c1-22-14-12-18-24(20-22)16-10-8-6-4-3-5-7-9-11-17-25-19-13-15-23(2)21-25;;/h12-15,18-21H,3-11,16-17H2,1-2H3;2*1H/q+2;;/p-2. The van der Waals surface area contributed by atoms with Gasteiger partial charge in [0.15, 0.2) is 24.8 Å². The van der Waals surface area contributed by atoms with Crippen molar-refractivity contribution in [1.82, 2.24) is 0 Å². The fraction of sp³-hybridized carbons (Fsp3) is 0.565. The molecule has 0 unspecified atom stereocenters. The number of hydrogen-bond donors (Lipinski definition) is 0. The average molecular weight is 500 g/mol. The van der Waals surface area contributed by atoms with Crippen LogP contribution in [0.4, 0.5) is 0 Å². The lowest BCUT2D eigenvalue weighted by molar-refractivity contribution is -0.697. The molecule has 0 saturated carbocycles. The Morgan fingerprint density at radius 1 is 0.556 bits per heavy atom. The molecule has 0 aliphatic carbocycles. The smallest absolute Gasteiger partial charge is 0.171 e. The van der Waals surface area contributed by atoms with E-state index in [2.05, 4.69) is 72.0 Å². The number of rotatable bonds is 12. The monoisotopic (exact) mass is 498 g/mol. The van der Waals surface area contributed by atoms with Crippen LogP contribution in [0.2, 0.25) is 0 Å². The number of hydrogen-bond acceptors (Lipinski definition) is 0. The zero-order valence-corrected chi connectivity index (χ0v) is 20.2. The van der Waals surface area contributed by atoms with Gasteiger partial charge in [0, 0.05) is 36.1 Å². The SMILES string of the molecule is Cc1ccc[n+](CCCCCCCCCCC[n+]2cccc(C)c2)c1.[Br-].[Br-]. The predicted molar refractivity (Wildman–Crippen MR) is 104 cm³/mol. The van der Waals surface area contributed by atoms with Crippen molar-refractivity contribution in [2.75, 3.05) is 0 Å². The van der Waals surface area contributed by atoms with Gasteiger partial charge in [-0.1, -0.05) is 32.1 Å². The minimum absolute atomic E-state index is 0. The summed E-state index contributed by atoms with van der Waals surface area (Å²) in [6, 6.07) is 8.62. The lowest BCUT2D eigenvalue weighted by Crippen LogP contribution is -3.00. The van der Waals surface area contributed by atoms with Crippen LogP contribution in [0.3, 0.4) is 0 Å². The Morgan fingerprint density at radius 2 is 0.889 bits per heavy atom. The first-order chi connectivity index (χ1) is 12.2. The number of pyridine rings is 2. The molecule has 2 aromatic heterocycles. The second-order valence-corrected chi connectivity index (χ2v) is 7.42. The Hall–Kier alpha value is -0.740. The highest BCUT2D eigenvalue weighted by molar-refractivity contribution is 5.01. The highest BCUT2D eigenvalue weighted by atomic mass is 79.9. The molecular weight excluding hydrogens is 464 g/mol. The van der Waals surface area contributed by atoms with Crippen molar-refractivity contribution in [2.24, 2.45) is 0 Å². The summed E-state index contributed by atoms with van der Waals surface area (Å²) < 4.78 is 4.64. The van der Waals surface area contributed by atoms with Crippen LogP contribution >= 0.6 is 0 Å². The predicted octanol–water partition coefficient (Wildman–Crippen LogP) is -0.902. The molecule has 0 atom stereocenters. The molecule has 152 valence electrons. The van der Waals surface area contributed by atoms with E-state index in [1.54, 1.807) is 0 Å². The van der Waals surface area contributed by atoms with E-state index in [4.69, 9.17) is 0 Å². The average Bonchev–Trinajstić information content (AvgIpc) is 2.60. The molecule has 0 N–H and O–H groups in total. The summed E-state index contributed by atoms with van der Waals surface area (Å²) in [5.41, 5.74) is 2.70. The molecule has 4 heteroatoms. The van der Waals surface area contributed by atoms with Gasteiger partial charge in [-0.25, -0.2) is 9.13 Å².